The number of H-pyrrole nitrogens is 1. The third-order valence-electron chi connectivity index (χ3n) is 0.514. The highest BCUT2D eigenvalue weighted by atomic mass is 35.5. The van der Waals surface area contributed by atoms with Gasteiger partial charge < -0.3 is 12.4 Å². The molecule has 11 heavy (non-hydrogen) atoms. The van der Waals surface area contributed by atoms with E-state index >= 15 is 0 Å². The second-order valence-corrected chi connectivity index (χ2v) is 1.71. The van der Waals surface area contributed by atoms with Crippen LogP contribution in [-0.2, 0) is 4.57 Å². The number of hydrogen-bond donors (Lipinski definition) is 2. The Balaban J connectivity index is 0. The molecule has 1 heterocycles. The molecule has 3 N–H and O–H groups in total. The summed E-state index contributed by atoms with van der Waals surface area (Å²) in [7, 11) is -2.87. The Bertz CT molecular complexity index is 155. The lowest BCUT2D eigenvalue weighted by molar-refractivity contribution is -0.378. The molecule has 0 aromatic carbocycles. The highest BCUT2D eigenvalue weighted by Crippen LogP contribution is 1.98. The number of halogens is 1. The molecular weight excluding hydrogens is 190 g/mol. The van der Waals surface area contributed by atoms with Crippen molar-refractivity contribution in [2.45, 2.75) is 0 Å². The van der Waals surface area contributed by atoms with Gasteiger partial charge in [0.1, 0.15) is 0 Å². The minimum absolute atomic E-state index is 0. The maximum Gasteiger partial charge on any atom is 0.692 e. The number of aromatic nitrogens is 2. The second-order valence-electron chi connectivity index (χ2n) is 1.20. The van der Waals surface area contributed by atoms with Crippen molar-refractivity contribution in [3.63, 3.8) is 0 Å². The van der Waals surface area contributed by atoms with E-state index in [-0.39, 0.29) is 12.4 Å². The third-order valence-corrected chi connectivity index (χ3v) is 0.514. The first-order valence-corrected chi connectivity index (χ1v) is 3.51. The zero-order valence-corrected chi connectivity index (χ0v) is 7.03. The van der Waals surface area contributed by atoms with Crippen molar-refractivity contribution >= 4 is 8.25 Å². The van der Waals surface area contributed by atoms with Crippen LogP contribution in [0.4, 0.5) is 0 Å². The van der Waals surface area contributed by atoms with Crippen LogP contribution in [0.1, 0.15) is 0 Å². The van der Waals surface area contributed by atoms with Gasteiger partial charge in [-0.25, -0.2) is 4.98 Å². The van der Waals surface area contributed by atoms with Gasteiger partial charge in [0, 0.05) is 4.57 Å². The molecule has 0 aliphatic rings. The van der Waals surface area contributed by atoms with Crippen LogP contribution in [0.5, 0.6) is 0 Å². The molecule has 0 atom stereocenters. The molecule has 0 fully saturated rings. The van der Waals surface area contributed by atoms with Crippen LogP contribution in [0.25, 0.3) is 0 Å². The molecule has 62 valence electrons. The van der Waals surface area contributed by atoms with Crippen LogP contribution in [0.15, 0.2) is 24.8 Å². The SMILES string of the molecule is O=[P+](O)O.[Cl-].c1c[nH+]ccn1. The number of rotatable bonds is 0. The average molecular weight is 198 g/mol. The molecule has 0 unspecified atom stereocenters. The Morgan fingerprint density at radius 2 is 1.64 bits per heavy atom. The van der Waals surface area contributed by atoms with Gasteiger partial charge in [-0.05, 0) is 0 Å². The van der Waals surface area contributed by atoms with Gasteiger partial charge in [0.15, 0.2) is 12.4 Å². The largest absolute Gasteiger partial charge is 1.00 e. The van der Waals surface area contributed by atoms with E-state index in [2.05, 4.69) is 9.97 Å². The van der Waals surface area contributed by atoms with Gasteiger partial charge in [-0.1, -0.05) is 0 Å². The zero-order valence-electron chi connectivity index (χ0n) is 5.38. The molecule has 0 radical (unpaired) electrons. The molecule has 1 aromatic rings. The molecule has 0 aliphatic heterocycles. The number of aromatic amines is 1. The van der Waals surface area contributed by atoms with Gasteiger partial charge in [-0.15, -0.1) is 9.79 Å². The quantitative estimate of drug-likeness (QED) is 0.423. The summed E-state index contributed by atoms with van der Waals surface area (Å²) in [6.45, 7) is 0. The fraction of sp³-hybridized carbons (Fsp3) is 0. The normalized spacial score (nSPS) is 6.73. The topological polar surface area (TPSA) is 84.6 Å². The van der Waals surface area contributed by atoms with E-state index in [1.165, 1.54) is 0 Å². The third kappa shape index (κ3) is 17.7. The van der Waals surface area contributed by atoms with Gasteiger partial charge in [0.2, 0.25) is 0 Å². The summed E-state index contributed by atoms with van der Waals surface area (Å²) in [5.74, 6) is 0. The van der Waals surface area contributed by atoms with Crippen molar-refractivity contribution in [1.82, 2.24) is 4.98 Å². The van der Waals surface area contributed by atoms with E-state index in [1.54, 1.807) is 24.8 Å². The molecule has 7 heteroatoms. The molecule has 1 rings (SSSR count). The second kappa shape index (κ2) is 9.39. The van der Waals surface area contributed by atoms with E-state index in [0.717, 1.165) is 0 Å². The summed E-state index contributed by atoms with van der Waals surface area (Å²) in [6, 6.07) is 0. The zero-order chi connectivity index (χ0) is 7.82. The molecule has 0 saturated heterocycles. The van der Waals surface area contributed by atoms with Crippen molar-refractivity contribution in [2.75, 3.05) is 0 Å². The van der Waals surface area contributed by atoms with E-state index in [0.29, 0.717) is 0 Å². The van der Waals surface area contributed by atoms with Crippen molar-refractivity contribution in [2.24, 2.45) is 0 Å². The maximum absolute atomic E-state index is 8.70. The van der Waals surface area contributed by atoms with Gasteiger partial charge in [-0.2, -0.15) is 0 Å². The minimum atomic E-state index is -2.87. The summed E-state index contributed by atoms with van der Waals surface area (Å²) in [5, 5.41) is 0. The molecule has 1 aromatic heterocycles. The van der Waals surface area contributed by atoms with Gasteiger partial charge in [0.25, 0.3) is 0 Å². The van der Waals surface area contributed by atoms with Crippen molar-refractivity contribution in [3.8, 4) is 0 Å². The Labute approximate surface area is 70.5 Å². The lowest BCUT2D eigenvalue weighted by Gasteiger charge is -1.63. The average Bonchev–Trinajstić information content (AvgIpc) is 1.90. The molecule has 0 amide bonds. The molecule has 5 nitrogen and oxygen atoms in total. The first-order chi connectivity index (χ1) is 4.73. The van der Waals surface area contributed by atoms with Crippen molar-refractivity contribution in [1.29, 1.82) is 0 Å². The summed E-state index contributed by atoms with van der Waals surface area (Å²) >= 11 is 0. The Kier molecular flexibility index (Phi) is 11.1. The predicted molar refractivity (Wildman–Crippen MR) is 32.8 cm³/mol. The van der Waals surface area contributed by atoms with Crippen LogP contribution < -0.4 is 17.4 Å². The molecule has 0 spiro atoms. The fourth-order valence-electron chi connectivity index (χ4n) is 0.277. The molecule has 0 aliphatic carbocycles. The summed E-state index contributed by atoms with van der Waals surface area (Å²) in [5.41, 5.74) is 0. The molecule has 0 saturated carbocycles. The fourth-order valence-corrected chi connectivity index (χ4v) is 0.277. The Morgan fingerprint density at radius 3 is 1.73 bits per heavy atom. The van der Waals surface area contributed by atoms with Gasteiger partial charge in [-0.3, -0.25) is 4.98 Å². The monoisotopic (exact) mass is 197 g/mol. The first kappa shape index (κ1) is 13.0. The lowest BCUT2D eigenvalue weighted by atomic mass is 10.8. The van der Waals surface area contributed by atoms with Crippen molar-refractivity contribution in [3.05, 3.63) is 24.8 Å². The van der Waals surface area contributed by atoms with Crippen LogP contribution in [-0.4, -0.2) is 14.8 Å². The van der Waals surface area contributed by atoms with Crippen molar-refractivity contribution < 1.29 is 31.7 Å². The molecular formula is C4H7ClN2O3P+. The highest BCUT2D eigenvalue weighted by molar-refractivity contribution is 7.30. The van der Waals surface area contributed by atoms with Crippen LogP contribution in [0.3, 0.4) is 0 Å². The summed E-state index contributed by atoms with van der Waals surface area (Å²) in [6.07, 6.45) is 6.92. The smallest absolute Gasteiger partial charge is 0.692 e. The van der Waals surface area contributed by atoms with E-state index in [1.807, 2.05) is 0 Å². The van der Waals surface area contributed by atoms with Gasteiger partial charge in [0.05, 0.1) is 12.4 Å². The number of nitrogens with one attached hydrogen (secondary N) is 1. The lowest BCUT2D eigenvalue weighted by Crippen LogP contribution is -3.00. The maximum atomic E-state index is 8.70. The van der Waals surface area contributed by atoms with E-state index in [4.69, 9.17) is 14.4 Å². The Hall–Kier alpha value is -0.610. The van der Waals surface area contributed by atoms with Crippen LogP contribution in [0, 0.1) is 0 Å². The number of hydrogen-bond acceptors (Lipinski definition) is 2. The highest BCUT2D eigenvalue weighted by Gasteiger charge is 1.93. The standard InChI is InChI=1S/C4H4N2.ClH.HO3P/c1-2-6-4-3-5-1;;1-4(2)3/h1-4H;1H;(H-,1,2,3)/p+1. The van der Waals surface area contributed by atoms with Crippen LogP contribution >= 0.6 is 8.25 Å². The van der Waals surface area contributed by atoms with Crippen LogP contribution in [0.2, 0.25) is 0 Å². The summed E-state index contributed by atoms with van der Waals surface area (Å²) < 4.78 is 8.70. The predicted octanol–water partition coefficient (Wildman–Crippen LogP) is -3.47. The first-order valence-electron chi connectivity index (χ1n) is 2.34. The van der Waals surface area contributed by atoms with E-state index < -0.39 is 8.25 Å². The van der Waals surface area contributed by atoms with E-state index in [9.17, 15) is 0 Å². The number of nitrogens with zero attached hydrogens (tertiary/aromatic N) is 1. The minimum Gasteiger partial charge on any atom is -1.00 e. The van der Waals surface area contributed by atoms with Gasteiger partial charge >= 0.3 is 8.25 Å². The summed E-state index contributed by atoms with van der Waals surface area (Å²) in [4.78, 5) is 20.8. The Morgan fingerprint density at radius 1 is 1.27 bits per heavy atom. The molecule has 0 bridgehead atoms.